The van der Waals surface area contributed by atoms with Gasteiger partial charge in [-0.2, -0.15) is 0 Å². The fourth-order valence-electron chi connectivity index (χ4n) is 3.20. The van der Waals surface area contributed by atoms with E-state index in [2.05, 4.69) is 10.6 Å². The van der Waals surface area contributed by atoms with Gasteiger partial charge in [-0.3, -0.25) is 9.59 Å². The largest absolute Gasteiger partial charge is 0.396 e. The normalized spacial score (nSPS) is 13.8. The van der Waals surface area contributed by atoms with Crippen LogP contribution in [0, 0.1) is 0 Å². The van der Waals surface area contributed by atoms with Crippen molar-refractivity contribution in [2.75, 3.05) is 11.9 Å². The van der Waals surface area contributed by atoms with Crippen LogP contribution in [0.15, 0.2) is 48.5 Å². The summed E-state index contributed by atoms with van der Waals surface area (Å²) < 4.78 is 0. The van der Waals surface area contributed by atoms with E-state index in [1.165, 1.54) is 11.1 Å². The Morgan fingerprint density at radius 1 is 1.00 bits per heavy atom. The Morgan fingerprint density at radius 2 is 1.76 bits per heavy atom. The molecule has 2 amide bonds. The van der Waals surface area contributed by atoms with Crippen LogP contribution in [0.4, 0.5) is 5.69 Å². The lowest BCUT2D eigenvalue weighted by Crippen LogP contribution is -2.38. The molecule has 1 atom stereocenters. The van der Waals surface area contributed by atoms with Crippen LogP contribution < -0.4 is 10.6 Å². The van der Waals surface area contributed by atoms with Crippen LogP contribution in [0.5, 0.6) is 0 Å². The first-order valence-electron chi connectivity index (χ1n) is 8.57. The van der Waals surface area contributed by atoms with E-state index in [1.54, 1.807) is 0 Å². The number of carbonyl (C=O) groups excluding carboxylic acids is 2. The fourth-order valence-corrected chi connectivity index (χ4v) is 3.20. The van der Waals surface area contributed by atoms with Gasteiger partial charge in [0.1, 0.15) is 0 Å². The van der Waals surface area contributed by atoms with Crippen molar-refractivity contribution in [1.82, 2.24) is 5.32 Å². The lowest BCUT2D eigenvalue weighted by Gasteiger charge is -2.18. The van der Waals surface area contributed by atoms with Gasteiger partial charge in [-0.05, 0) is 54.5 Å². The average molecular weight is 338 g/mol. The molecule has 0 radical (unpaired) electrons. The van der Waals surface area contributed by atoms with E-state index in [9.17, 15) is 14.7 Å². The minimum Gasteiger partial charge on any atom is -0.396 e. The number of nitrogens with one attached hydrogen (secondary N) is 2. The topological polar surface area (TPSA) is 78.4 Å². The third-order valence-corrected chi connectivity index (χ3v) is 4.49. The Labute approximate surface area is 147 Å². The maximum absolute atomic E-state index is 12.2. The molecule has 0 fully saturated rings. The van der Waals surface area contributed by atoms with Crippen molar-refractivity contribution in [3.63, 3.8) is 0 Å². The molecule has 2 aromatic carbocycles. The molecule has 1 unspecified atom stereocenters. The molecule has 3 rings (SSSR count). The number of aliphatic hydroxyl groups excluding tert-OH is 1. The maximum atomic E-state index is 12.2. The lowest BCUT2D eigenvalue weighted by atomic mass is 10.0. The summed E-state index contributed by atoms with van der Waals surface area (Å²) in [6.07, 6.45) is 3.57. The van der Waals surface area contributed by atoms with Crippen molar-refractivity contribution in [3.8, 4) is 0 Å². The Balaban J connectivity index is 1.64. The Kier molecular flexibility index (Phi) is 5.46. The number of aryl methyl sites for hydroxylation is 2. The SMILES string of the molecule is O=C(Nc1ccc2c(c1)CCC2)C(=O)NC(CCO)c1ccccc1. The summed E-state index contributed by atoms with van der Waals surface area (Å²) in [4.78, 5) is 24.4. The highest BCUT2D eigenvalue weighted by Crippen LogP contribution is 2.25. The molecule has 0 bridgehead atoms. The van der Waals surface area contributed by atoms with E-state index in [0.717, 1.165) is 24.8 Å². The summed E-state index contributed by atoms with van der Waals surface area (Å²) in [5.74, 6) is -1.40. The van der Waals surface area contributed by atoms with E-state index >= 15 is 0 Å². The molecule has 130 valence electrons. The molecule has 5 heteroatoms. The van der Waals surface area contributed by atoms with Crippen LogP contribution in [-0.2, 0) is 22.4 Å². The summed E-state index contributed by atoms with van der Waals surface area (Å²) in [6, 6.07) is 14.7. The molecular formula is C20H22N2O3. The van der Waals surface area contributed by atoms with E-state index in [4.69, 9.17) is 0 Å². The van der Waals surface area contributed by atoms with E-state index < -0.39 is 17.9 Å². The smallest absolute Gasteiger partial charge is 0.313 e. The molecule has 3 N–H and O–H groups in total. The summed E-state index contributed by atoms with van der Waals surface area (Å²) in [6.45, 7) is -0.0771. The van der Waals surface area contributed by atoms with Gasteiger partial charge in [0.25, 0.3) is 0 Å². The first kappa shape index (κ1) is 17.2. The molecule has 1 aliphatic rings. The molecule has 0 aliphatic heterocycles. The molecule has 0 saturated carbocycles. The van der Waals surface area contributed by atoms with E-state index in [-0.39, 0.29) is 6.61 Å². The highest BCUT2D eigenvalue weighted by Gasteiger charge is 2.20. The van der Waals surface area contributed by atoms with Gasteiger partial charge in [0.2, 0.25) is 0 Å². The zero-order chi connectivity index (χ0) is 17.6. The first-order valence-corrected chi connectivity index (χ1v) is 8.57. The molecule has 25 heavy (non-hydrogen) atoms. The van der Waals surface area contributed by atoms with Crippen LogP contribution in [0.3, 0.4) is 0 Å². The summed E-state index contributed by atoms with van der Waals surface area (Å²) >= 11 is 0. The van der Waals surface area contributed by atoms with Crippen LogP contribution >= 0.6 is 0 Å². The number of benzene rings is 2. The van der Waals surface area contributed by atoms with Gasteiger partial charge >= 0.3 is 11.8 Å². The number of amides is 2. The van der Waals surface area contributed by atoms with Gasteiger partial charge in [-0.15, -0.1) is 0 Å². The summed E-state index contributed by atoms with van der Waals surface area (Å²) in [7, 11) is 0. The second-order valence-electron chi connectivity index (χ2n) is 6.24. The van der Waals surface area contributed by atoms with Crippen molar-refractivity contribution < 1.29 is 14.7 Å². The number of rotatable bonds is 5. The summed E-state index contributed by atoms with van der Waals surface area (Å²) in [5.41, 5.74) is 4.05. The summed E-state index contributed by atoms with van der Waals surface area (Å²) in [5, 5.41) is 14.6. The molecule has 0 saturated heterocycles. The van der Waals surface area contributed by atoms with E-state index in [0.29, 0.717) is 12.1 Å². The second-order valence-corrected chi connectivity index (χ2v) is 6.24. The minimum absolute atomic E-state index is 0.0771. The molecule has 2 aromatic rings. The predicted molar refractivity (Wildman–Crippen MR) is 96.1 cm³/mol. The zero-order valence-electron chi connectivity index (χ0n) is 14.0. The van der Waals surface area contributed by atoms with Gasteiger partial charge in [-0.1, -0.05) is 36.4 Å². The van der Waals surface area contributed by atoms with Crippen molar-refractivity contribution in [3.05, 3.63) is 65.2 Å². The van der Waals surface area contributed by atoms with Crippen molar-refractivity contribution in [1.29, 1.82) is 0 Å². The molecule has 1 aliphatic carbocycles. The standard InChI is InChI=1S/C20H22N2O3/c23-12-11-18(15-5-2-1-3-6-15)22-20(25)19(24)21-17-10-9-14-7-4-8-16(14)13-17/h1-3,5-6,9-10,13,18,23H,4,7-8,11-12H2,(H,21,24)(H,22,25). The predicted octanol–water partition coefficient (Wildman–Crippen LogP) is 2.35. The number of aliphatic hydroxyl groups is 1. The third kappa shape index (κ3) is 4.25. The number of carbonyl (C=O) groups is 2. The number of hydrogen-bond donors (Lipinski definition) is 3. The quantitative estimate of drug-likeness (QED) is 0.732. The third-order valence-electron chi connectivity index (χ3n) is 4.49. The van der Waals surface area contributed by atoms with Gasteiger partial charge in [0.05, 0.1) is 6.04 Å². The number of anilines is 1. The zero-order valence-corrected chi connectivity index (χ0v) is 14.0. The van der Waals surface area contributed by atoms with Gasteiger partial charge in [0, 0.05) is 12.3 Å². The van der Waals surface area contributed by atoms with Crippen molar-refractivity contribution in [2.24, 2.45) is 0 Å². The minimum atomic E-state index is -0.706. The Hall–Kier alpha value is -2.66. The van der Waals surface area contributed by atoms with Crippen LogP contribution in [0.25, 0.3) is 0 Å². The lowest BCUT2D eigenvalue weighted by molar-refractivity contribution is -0.136. The molecular weight excluding hydrogens is 316 g/mol. The van der Waals surface area contributed by atoms with Crippen molar-refractivity contribution in [2.45, 2.75) is 31.7 Å². The molecule has 0 spiro atoms. The highest BCUT2D eigenvalue weighted by molar-refractivity contribution is 6.39. The molecule has 0 heterocycles. The van der Waals surface area contributed by atoms with Crippen LogP contribution in [0.2, 0.25) is 0 Å². The van der Waals surface area contributed by atoms with Gasteiger partial charge in [-0.25, -0.2) is 0 Å². The van der Waals surface area contributed by atoms with Crippen LogP contribution in [-0.4, -0.2) is 23.5 Å². The number of hydrogen-bond acceptors (Lipinski definition) is 3. The van der Waals surface area contributed by atoms with E-state index in [1.807, 2.05) is 48.5 Å². The molecule has 0 aromatic heterocycles. The maximum Gasteiger partial charge on any atom is 0.313 e. The Bertz CT molecular complexity index is 759. The first-order chi connectivity index (χ1) is 12.2. The van der Waals surface area contributed by atoms with Gasteiger partial charge in [0.15, 0.2) is 0 Å². The van der Waals surface area contributed by atoms with Gasteiger partial charge < -0.3 is 15.7 Å². The Morgan fingerprint density at radius 3 is 2.52 bits per heavy atom. The highest BCUT2D eigenvalue weighted by atomic mass is 16.3. The van der Waals surface area contributed by atoms with Crippen LogP contribution in [0.1, 0.15) is 35.6 Å². The fraction of sp³-hybridized carbons (Fsp3) is 0.300. The average Bonchev–Trinajstić information content (AvgIpc) is 3.09. The number of fused-ring (bicyclic) bond motifs is 1. The second kappa shape index (κ2) is 7.94. The monoisotopic (exact) mass is 338 g/mol. The van der Waals surface area contributed by atoms with Crippen molar-refractivity contribution >= 4 is 17.5 Å². The molecule has 5 nitrogen and oxygen atoms in total.